The van der Waals surface area contributed by atoms with Gasteiger partial charge < -0.3 is 5.32 Å². The van der Waals surface area contributed by atoms with Gasteiger partial charge in [-0.25, -0.2) is 4.39 Å². The quantitative estimate of drug-likeness (QED) is 0.577. The fourth-order valence-electron chi connectivity index (χ4n) is 1.51. The molecule has 0 bridgehead atoms. The van der Waals surface area contributed by atoms with Gasteiger partial charge in [-0.15, -0.1) is 11.8 Å². The highest BCUT2D eigenvalue weighted by Crippen LogP contribution is 2.21. The normalized spacial score (nSPS) is 10.3. The average Bonchev–Trinajstić information content (AvgIpc) is 2.37. The Kier molecular flexibility index (Phi) is 7.49. The smallest absolute Gasteiger partial charge is 0.220 e. The largest absolute Gasteiger partial charge is 0.356 e. The zero-order valence-corrected chi connectivity index (χ0v) is 11.6. The van der Waals surface area contributed by atoms with Gasteiger partial charge in [0, 0.05) is 23.6 Å². The molecule has 0 spiro atoms. The van der Waals surface area contributed by atoms with Crippen LogP contribution in [0.4, 0.5) is 4.39 Å². The second kappa shape index (κ2) is 8.97. The molecule has 100 valence electrons. The van der Waals surface area contributed by atoms with Crippen molar-refractivity contribution in [3.8, 4) is 0 Å². The third-order valence-corrected chi connectivity index (χ3v) is 3.58. The molecule has 1 aromatic rings. The van der Waals surface area contributed by atoms with E-state index in [4.69, 9.17) is 0 Å². The molecule has 0 fully saturated rings. The van der Waals surface area contributed by atoms with Gasteiger partial charge in [0.2, 0.25) is 5.91 Å². The number of rotatable bonds is 8. The fourth-order valence-corrected chi connectivity index (χ4v) is 2.39. The van der Waals surface area contributed by atoms with Gasteiger partial charge in [0.1, 0.15) is 5.82 Å². The lowest BCUT2D eigenvalue weighted by molar-refractivity contribution is -0.120. The van der Waals surface area contributed by atoms with E-state index in [-0.39, 0.29) is 11.7 Å². The summed E-state index contributed by atoms with van der Waals surface area (Å²) in [6.07, 6.45) is 3.76. The number of carbonyl (C=O) groups excluding carboxylic acids is 1. The maximum absolute atomic E-state index is 13.3. The zero-order valence-electron chi connectivity index (χ0n) is 10.7. The third kappa shape index (κ3) is 6.05. The van der Waals surface area contributed by atoms with Crippen molar-refractivity contribution >= 4 is 17.7 Å². The molecule has 0 heterocycles. The van der Waals surface area contributed by atoms with Crippen LogP contribution in [0, 0.1) is 5.82 Å². The molecule has 0 radical (unpaired) electrons. The standard InChI is InChI=1S/C14H20FNOS/c1-2-3-6-10-16-14(17)9-11-18-13-8-5-4-7-12(13)15/h4-5,7-8H,2-3,6,9-11H2,1H3,(H,16,17). The number of halogens is 1. The number of carbonyl (C=O) groups is 1. The van der Waals surface area contributed by atoms with Gasteiger partial charge in [0.05, 0.1) is 0 Å². The lowest BCUT2D eigenvalue weighted by Crippen LogP contribution is -2.24. The predicted molar refractivity (Wildman–Crippen MR) is 74.3 cm³/mol. The van der Waals surface area contributed by atoms with Crippen LogP contribution in [0.3, 0.4) is 0 Å². The number of unbranched alkanes of at least 4 members (excludes halogenated alkanes) is 2. The first kappa shape index (κ1) is 15.0. The molecule has 1 aromatic carbocycles. The minimum absolute atomic E-state index is 0.0509. The highest BCUT2D eigenvalue weighted by atomic mass is 32.2. The van der Waals surface area contributed by atoms with E-state index in [1.165, 1.54) is 17.8 Å². The summed E-state index contributed by atoms with van der Waals surface area (Å²) in [5.41, 5.74) is 0. The van der Waals surface area contributed by atoms with E-state index in [9.17, 15) is 9.18 Å². The Labute approximate surface area is 112 Å². The van der Waals surface area contributed by atoms with Crippen molar-refractivity contribution in [2.24, 2.45) is 0 Å². The first-order valence-corrected chi connectivity index (χ1v) is 7.36. The van der Waals surface area contributed by atoms with Crippen molar-refractivity contribution in [3.63, 3.8) is 0 Å². The van der Waals surface area contributed by atoms with Gasteiger partial charge in [0.25, 0.3) is 0 Å². The Balaban J connectivity index is 2.14. The molecule has 0 saturated heterocycles. The maximum Gasteiger partial charge on any atom is 0.220 e. The Hall–Kier alpha value is -1.03. The molecular weight excluding hydrogens is 249 g/mol. The molecule has 0 aliphatic carbocycles. The van der Waals surface area contributed by atoms with Gasteiger partial charge in [-0.1, -0.05) is 31.9 Å². The molecule has 2 nitrogen and oxygen atoms in total. The zero-order chi connectivity index (χ0) is 13.2. The molecule has 0 saturated carbocycles. The summed E-state index contributed by atoms with van der Waals surface area (Å²) in [6.45, 7) is 2.88. The predicted octanol–water partition coefficient (Wildman–Crippen LogP) is 3.61. The summed E-state index contributed by atoms with van der Waals surface area (Å²) in [5.74, 6) is 0.446. The summed E-state index contributed by atoms with van der Waals surface area (Å²) in [5, 5.41) is 2.87. The van der Waals surface area contributed by atoms with Crippen LogP contribution in [0.1, 0.15) is 32.6 Å². The molecule has 0 aliphatic rings. The van der Waals surface area contributed by atoms with E-state index in [1.807, 2.05) is 0 Å². The monoisotopic (exact) mass is 269 g/mol. The number of benzene rings is 1. The summed E-state index contributed by atoms with van der Waals surface area (Å²) in [4.78, 5) is 12.1. The molecule has 18 heavy (non-hydrogen) atoms. The van der Waals surface area contributed by atoms with Gasteiger partial charge in [-0.3, -0.25) is 4.79 Å². The molecular formula is C14H20FNOS. The summed E-state index contributed by atoms with van der Waals surface area (Å²) in [7, 11) is 0. The number of hydrogen-bond acceptors (Lipinski definition) is 2. The Bertz CT molecular complexity index is 371. The summed E-state index contributed by atoms with van der Waals surface area (Å²) in [6, 6.07) is 6.64. The third-order valence-electron chi connectivity index (χ3n) is 2.53. The summed E-state index contributed by atoms with van der Waals surface area (Å²) < 4.78 is 13.3. The first-order chi connectivity index (χ1) is 8.74. The number of nitrogens with one attached hydrogen (secondary N) is 1. The minimum atomic E-state index is -0.217. The van der Waals surface area contributed by atoms with Crippen molar-refractivity contribution in [1.29, 1.82) is 0 Å². The second-order valence-electron chi connectivity index (χ2n) is 4.09. The average molecular weight is 269 g/mol. The van der Waals surface area contributed by atoms with Crippen molar-refractivity contribution in [3.05, 3.63) is 30.1 Å². The van der Waals surface area contributed by atoms with Crippen LogP contribution in [0.5, 0.6) is 0 Å². The van der Waals surface area contributed by atoms with Crippen molar-refractivity contribution in [2.45, 2.75) is 37.5 Å². The maximum atomic E-state index is 13.3. The molecule has 1 rings (SSSR count). The van der Waals surface area contributed by atoms with Crippen LogP contribution in [0.25, 0.3) is 0 Å². The lowest BCUT2D eigenvalue weighted by atomic mass is 10.2. The SMILES string of the molecule is CCCCCNC(=O)CCSc1ccccc1F. The highest BCUT2D eigenvalue weighted by molar-refractivity contribution is 7.99. The van der Waals surface area contributed by atoms with Crippen LogP contribution in [0.15, 0.2) is 29.2 Å². The lowest BCUT2D eigenvalue weighted by Gasteiger charge is -2.05. The highest BCUT2D eigenvalue weighted by Gasteiger charge is 2.04. The van der Waals surface area contributed by atoms with Crippen molar-refractivity contribution in [1.82, 2.24) is 5.32 Å². The molecule has 1 N–H and O–H groups in total. The Morgan fingerprint density at radius 1 is 1.33 bits per heavy atom. The minimum Gasteiger partial charge on any atom is -0.356 e. The number of amides is 1. The Morgan fingerprint density at radius 3 is 2.83 bits per heavy atom. The van der Waals surface area contributed by atoms with E-state index in [0.29, 0.717) is 17.1 Å². The van der Waals surface area contributed by atoms with Crippen molar-refractivity contribution in [2.75, 3.05) is 12.3 Å². The molecule has 4 heteroatoms. The van der Waals surface area contributed by atoms with E-state index < -0.39 is 0 Å². The van der Waals surface area contributed by atoms with Crippen LogP contribution in [0.2, 0.25) is 0 Å². The van der Waals surface area contributed by atoms with Crippen LogP contribution in [-0.2, 0) is 4.79 Å². The van der Waals surface area contributed by atoms with Crippen molar-refractivity contribution < 1.29 is 9.18 Å². The van der Waals surface area contributed by atoms with E-state index in [2.05, 4.69) is 12.2 Å². The molecule has 0 aliphatic heterocycles. The topological polar surface area (TPSA) is 29.1 Å². The van der Waals surface area contributed by atoms with Gasteiger partial charge in [-0.05, 0) is 18.6 Å². The fraction of sp³-hybridized carbons (Fsp3) is 0.500. The van der Waals surface area contributed by atoms with Gasteiger partial charge >= 0.3 is 0 Å². The van der Waals surface area contributed by atoms with E-state index in [1.54, 1.807) is 18.2 Å². The van der Waals surface area contributed by atoms with E-state index in [0.717, 1.165) is 25.8 Å². The van der Waals surface area contributed by atoms with Gasteiger partial charge in [0.15, 0.2) is 0 Å². The number of hydrogen-bond donors (Lipinski definition) is 1. The number of thioether (sulfide) groups is 1. The van der Waals surface area contributed by atoms with Crippen LogP contribution >= 0.6 is 11.8 Å². The van der Waals surface area contributed by atoms with Crippen LogP contribution < -0.4 is 5.32 Å². The molecule has 0 atom stereocenters. The van der Waals surface area contributed by atoms with Gasteiger partial charge in [-0.2, -0.15) is 0 Å². The second-order valence-corrected chi connectivity index (χ2v) is 5.22. The molecule has 1 amide bonds. The Morgan fingerprint density at radius 2 is 2.11 bits per heavy atom. The summed E-state index contributed by atoms with van der Waals surface area (Å²) >= 11 is 1.38. The first-order valence-electron chi connectivity index (χ1n) is 6.38. The molecule has 0 unspecified atom stereocenters. The molecule has 0 aromatic heterocycles. The van der Waals surface area contributed by atoms with E-state index >= 15 is 0 Å². The van der Waals surface area contributed by atoms with Crippen LogP contribution in [-0.4, -0.2) is 18.2 Å².